The monoisotopic (exact) mass is 471 g/mol. The fourth-order valence-corrected chi connectivity index (χ4v) is 7.83. The first-order valence-corrected chi connectivity index (χ1v) is 14.1. The average Bonchev–Trinajstić information content (AvgIpc) is 3.25. The molecule has 3 atom stereocenters. The Labute approximate surface area is 215 Å². The Morgan fingerprint density at radius 2 is 1.72 bits per heavy atom. The molecule has 1 saturated carbocycles. The van der Waals surface area contributed by atoms with Gasteiger partial charge in [0, 0.05) is 13.6 Å². The van der Waals surface area contributed by atoms with Crippen LogP contribution in [-0.2, 0) is 19.3 Å². The van der Waals surface area contributed by atoms with Crippen molar-refractivity contribution in [2.45, 2.75) is 51.9 Å². The third kappa shape index (κ3) is 3.59. The lowest BCUT2D eigenvalue weighted by atomic mass is 9.71. The van der Waals surface area contributed by atoms with E-state index in [2.05, 4.69) is 91.8 Å². The number of likely N-dealkylation sites (N-methyl/N-ethyl adjacent to an activating group) is 1. The molecule has 1 fully saturated rings. The standard InChI is InChI=1S/C35H37N/c1-23-7-5-11-27(23)26-21-34(30-12-6-9-25-17-19-36(2)20-18-29(25)30)33-16-15-31-28-10-4-3-8-24(28)13-14-32(31)35(33)22-26/h3-4,6,8-10,12-13,15-16,18,20,23,26-27H,5,7,11,14,17,19,21-22H2,1-2H3. The van der Waals surface area contributed by atoms with Crippen molar-refractivity contribution in [3.63, 3.8) is 0 Å². The predicted molar refractivity (Wildman–Crippen MR) is 151 cm³/mol. The van der Waals surface area contributed by atoms with Crippen LogP contribution >= 0.6 is 0 Å². The lowest BCUT2D eigenvalue weighted by Gasteiger charge is -2.34. The van der Waals surface area contributed by atoms with Crippen molar-refractivity contribution in [3.05, 3.63) is 109 Å². The van der Waals surface area contributed by atoms with Crippen molar-refractivity contribution < 1.29 is 0 Å². The van der Waals surface area contributed by atoms with Gasteiger partial charge in [-0.15, -0.1) is 0 Å². The van der Waals surface area contributed by atoms with Gasteiger partial charge >= 0.3 is 0 Å². The zero-order valence-corrected chi connectivity index (χ0v) is 21.8. The minimum absolute atomic E-state index is 0.752. The van der Waals surface area contributed by atoms with E-state index < -0.39 is 0 Å². The van der Waals surface area contributed by atoms with Gasteiger partial charge in [-0.05, 0) is 116 Å². The van der Waals surface area contributed by atoms with Crippen LogP contribution in [0.2, 0.25) is 0 Å². The van der Waals surface area contributed by atoms with E-state index in [4.69, 9.17) is 0 Å². The van der Waals surface area contributed by atoms with E-state index >= 15 is 0 Å². The van der Waals surface area contributed by atoms with E-state index in [1.54, 1.807) is 16.7 Å². The Morgan fingerprint density at radius 3 is 2.61 bits per heavy atom. The molecule has 1 nitrogen and oxygen atoms in total. The van der Waals surface area contributed by atoms with Gasteiger partial charge in [-0.25, -0.2) is 0 Å². The van der Waals surface area contributed by atoms with Crippen molar-refractivity contribution in [1.29, 1.82) is 0 Å². The minimum atomic E-state index is 0.752. The first-order chi connectivity index (χ1) is 17.7. The fourth-order valence-electron chi connectivity index (χ4n) is 7.83. The molecule has 4 aliphatic rings. The lowest BCUT2D eigenvalue weighted by Crippen LogP contribution is -2.32. The molecule has 3 aliphatic carbocycles. The third-order valence-corrected chi connectivity index (χ3v) is 9.75. The van der Waals surface area contributed by atoms with Crippen molar-refractivity contribution in [2.75, 3.05) is 13.6 Å². The molecule has 0 radical (unpaired) electrons. The molecular formula is C35H37N. The molecule has 1 heteroatoms. The second-order valence-electron chi connectivity index (χ2n) is 11.8. The number of fused-ring (bicyclic) bond motifs is 5. The van der Waals surface area contributed by atoms with E-state index in [0.717, 1.165) is 37.1 Å². The Hall–Kier alpha value is -3.06. The van der Waals surface area contributed by atoms with Gasteiger partial charge in [0.25, 0.3) is 0 Å². The third-order valence-electron chi connectivity index (χ3n) is 9.75. The molecule has 0 saturated heterocycles. The lowest BCUT2D eigenvalue weighted by molar-refractivity contribution is 0.273. The molecule has 0 amide bonds. The molecule has 0 aromatic heterocycles. The average molecular weight is 472 g/mol. The second kappa shape index (κ2) is 8.80. The maximum atomic E-state index is 2.52. The fraction of sp³-hybridized carbons (Fsp3) is 0.371. The largest absolute Gasteiger partial charge is 0.380 e. The molecule has 1 aliphatic heterocycles. The van der Waals surface area contributed by atoms with Crippen molar-refractivity contribution in [1.82, 2.24) is 4.90 Å². The molecule has 3 aromatic rings. The Morgan fingerprint density at radius 1 is 0.833 bits per heavy atom. The van der Waals surface area contributed by atoms with Crippen LogP contribution in [0.1, 0.15) is 60.4 Å². The number of hydrogen-bond acceptors (Lipinski definition) is 1. The van der Waals surface area contributed by atoms with E-state index in [1.807, 2.05) is 0 Å². The summed E-state index contributed by atoms with van der Waals surface area (Å²) in [5, 5.41) is 5.81. The summed E-state index contributed by atoms with van der Waals surface area (Å²) >= 11 is 0. The molecule has 1 heterocycles. The summed E-state index contributed by atoms with van der Waals surface area (Å²) in [5.41, 5.74) is 9.28. The first kappa shape index (κ1) is 22.2. The summed E-state index contributed by atoms with van der Waals surface area (Å²) in [6.45, 7) is 3.61. The highest BCUT2D eigenvalue weighted by atomic mass is 15.1. The zero-order chi connectivity index (χ0) is 24.2. The molecular weight excluding hydrogens is 434 g/mol. The Bertz CT molecular complexity index is 1590. The maximum absolute atomic E-state index is 2.52. The van der Waals surface area contributed by atoms with Gasteiger partial charge in [-0.2, -0.15) is 0 Å². The normalized spacial score (nSPS) is 24.3. The molecule has 0 spiro atoms. The number of hydrogen-bond donors (Lipinski definition) is 0. The van der Waals surface area contributed by atoms with Gasteiger partial charge in [0.1, 0.15) is 0 Å². The van der Waals surface area contributed by atoms with E-state index in [9.17, 15) is 0 Å². The highest BCUT2D eigenvalue weighted by molar-refractivity contribution is 5.77. The summed E-state index contributed by atoms with van der Waals surface area (Å²) in [6, 6.07) is 21.0. The molecule has 36 heavy (non-hydrogen) atoms. The number of benzene rings is 3. The molecule has 3 unspecified atom stereocenters. The highest BCUT2D eigenvalue weighted by Crippen LogP contribution is 2.44. The minimum Gasteiger partial charge on any atom is -0.380 e. The summed E-state index contributed by atoms with van der Waals surface area (Å²) in [4.78, 5) is 2.33. The summed E-state index contributed by atoms with van der Waals surface area (Å²) < 4.78 is 0. The van der Waals surface area contributed by atoms with E-state index in [0.29, 0.717) is 0 Å². The van der Waals surface area contributed by atoms with Crippen LogP contribution in [-0.4, -0.2) is 18.5 Å². The van der Waals surface area contributed by atoms with Crippen LogP contribution in [0.4, 0.5) is 0 Å². The van der Waals surface area contributed by atoms with Crippen LogP contribution in [0, 0.1) is 28.2 Å². The molecule has 3 aromatic carbocycles. The summed E-state index contributed by atoms with van der Waals surface area (Å²) in [6.07, 6.45) is 16.0. The van der Waals surface area contributed by atoms with E-state index in [1.165, 1.54) is 69.7 Å². The smallest absolute Gasteiger partial charge is 0.0209 e. The van der Waals surface area contributed by atoms with Crippen LogP contribution in [0.5, 0.6) is 0 Å². The SMILES string of the molecule is CC1CCCC1C1CC(c2cccc3c2C=CN(C)CC3)=c2ccc3c(c2C1)CC=c1ccccc1=3. The van der Waals surface area contributed by atoms with Crippen LogP contribution in [0.15, 0.2) is 60.8 Å². The molecule has 182 valence electrons. The molecule has 0 bridgehead atoms. The van der Waals surface area contributed by atoms with Gasteiger partial charge in [-0.3, -0.25) is 0 Å². The second-order valence-corrected chi connectivity index (χ2v) is 11.8. The maximum Gasteiger partial charge on any atom is 0.0209 e. The van der Waals surface area contributed by atoms with Gasteiger partial charge in [0.15, 0.2) is 0 Å². The molecule has 7 rings (SSSR count). The van der Waals surface area contributed by atoms with Gasteiger partial charge in [0.2, 0.25) is 0 Å². The van der Waals surface area contributed by atoms with Gasteiger partial charge in [0.05, 0.1) is 0 Å². The first-order valence-electron chi connectivity index (χ1n) is 14.1. The summed E-state index contributed by atoms with van der Waals surface area (Å²) in [7, 11) is 2.20. The van der Waals surface area contributed by atoms with E-state index in [-0.39, 0.29) is 0 Å². The predicted octanol–water partition coefficient (Wildman–Crippen LogP) is 5.97. The van der Waals surface area contributed by atoms with Gasteiger partial charge < -0.3 is 4.90 Å². The quantitative estimate of drug-likeness (QED) is 0.445. The van der Waals surface area contributed by atoms with Crippen LogP contribution in [0.3, 0.4) is 0 Å². The summed E-state index contributed by atoms with van der Waals surface area (Å²) in [5.74, 6) is 2.46. The van der Waals surface area contributed by atoms with Crippen LogP contribution < -0.4 is 10.4 Å². The number of rotatable bonds is 2. The Kier molecular flexibility index (Phi) is 5.42. The Balaban J connectivity index is 1.50. The van der Waals surface area contributed by atoms with Crippen molar-refractivity contribution in [3.8, 4) is 0 Å². The molecule has 0 N–H and O–H groups in total. The number of nitrogens with zero attached hydrogens (tertiary/aromatic N) is 1. The van der Waals surface area contributed by atoms with Crippen molar-refractivity contribution >= 4 is 17.7 Å². The highest BCUT2D eigenvalue weighted by Gasteiger charge is 2.35. The van der Waals surface area contributed by atoms with Crippen molar-refractivity contribution in [2.24, 2.45) is 17.8 Å². The van der Waals surface area contributed by atoms with Crippen LogP contribution in [0.25, 0.3) is 17.7 Å². The topological polar surface area (TPSA) is 3.24 Å². The van der Waals surface area contributed by atoms with Gasteiger partial charge in [-0.1, -0.05) is 80.4 Å². The zero-order valence-electron chi connectivity index (χ0n) is 21.8.